The van der Waals surface area contributed by atoms with Gasteiger partial charge in [0.1, 0.15) is 0 Å². The van der Waals surface area contributed by atoms with E-state index in [0.717, 1.165) is 28.7 Å². The highest BCUT2D eigenvalue weighted by Crippen LogP contribution is 2.27. The second kappa shape index (κ2) is 7.75. The molecule has 2 heterocycles. The van der Waals surface area contributed by atoms with Crippen LogP contribution in [0.4, 0.5) is 0 Å². The maximum absolute atomic E-state index is 5.77. The summed E-state index contributed by atoms with van der Waals surface area (Å²) in [6.45, 7) is 4.95. The fourth-order valence-corrected chi connectivity index (χ4v) is 3.65. The van der Waals surface area contributed by atoms with Crippen molar-refractivity contribution in [1.82, 2.24) is 25.0 Å². The first-order valence-electron chi connectivity index (χ1n) is 8.75. The van der Waals surface area contributed by atoms with Gasteiger partial charge in [-0.1, -0.05) is 53.7 Å². The van der Waals surface area contributed by atoms with Crippen LogP contribution < -0.4 is 0 Å². The Bertz CT molecular complexity index is 1040. The smallest absolute Gasteiger partial charge is 0.247 e. The van der Waals surface area contributed by atoms with Crippen LogP contribution in [0.25, 0.3) is 22.8 Å². The summed E-state index contributed by atoms with van der Waals surface area (Å²) in [4.78, 5) is 0. The first-order valence-corrected chi connectivity index (χ1v) is 9.74. The molecule has 0 aliphatic carbocycles. The highest BCUT2D eigenvalue weighted by Gasteiger charge is 2.15. The molecule has 136 valence electrons. The molecule has 0 saturated heterocycles. The minimum atomic E-state index is 0.531. The van der Waals surface area contributed by atoms with Crippen molar-refractivity contribution >= 4 is 11.8 Å². The highest BCUT2D eigenvalue weighted by atomic mass is 32.2. The minimum Gasteiger partial charge on any atom is -0.420 e. The third kappa shape index (κ3) is 3.78. The van der Waals surface area contributed by atoms with Gasteiger partial charge in [-0.3, -0.25) is 0 Å². The van der Waals surface area contributed by atoms with Crippen molar-refractivity contribution in [3.63, 3.8) is 0 Å². The van der Waals surface area contributed by atoms with Crippen LogP contribution in [0.1, 0.15) is 18.4 Å². The number of thioether (sulfide) groups is 1. The zero-order valence-electron chi connectivity index (χ0n) is 15.2. The van der Waals surface area contributed by atoms with Crippen molar-refractivity contribution < 1.29 is 4.42 Å². The Morgan fingerprint density at radius 2 is 1.74 bits per heavy atom. The lowest BCUT2D eigenvalue weighted by Crippen LogP contribution is -2.00. The lowest BCUT2D eigenvalue weighted by atomic mass is 10.1. The quantitative estimate of drug-likeness (QED) is 0.457. The van der Waals surface area contributed by atoms with Gasteiger partial charge in [-0.15, -0.1) is 20.4 Å². The lowest BCUT2D eigenvalue weighted by Gasteiger charge is -2.07. The van der Waals surface area contributed by atoms with E-state index in [1.165, 1.54) is 5.56 Å². The van der Waals surface area contributed by atoms with Crippen LogP contribution in [-0.4, -0.2) is 25.0 Å². The minimum absolute atomic E-state index is 0.531. The molecule has 0 saturated carbocycles. The summed E-state index contributed by atoms with van der Waals surface area (Å²) in [7, 11) is 0. The van der Waals surface area contributed by atoms with Gasteiger partial charge >= 0.3 is 0 Å². The molecule has 27 heavy (non-hydrogen) atoms. The molecule has 0 unspecified atom stereocenters. The second-order valence-corrected chi connectivity index (χ2v) is 7.02. The van der Waals surface area contributed by atoms with Crippen LogP contribution in [0.3, 0.4) is 0 Å². The van der Waals surface area contributed by atoms with Gasteiger partial charge in [0.25, 0.3) is 0 Å². The number of aryl methyl sites for hydroxylation is 1. The van der Waals surface area contributed by atoms with E-state index in [9.17, 15) is 0 Å². The van der Waals surface area contributed by atoms with Crippen LogP contribution in [0.5, 0.6) is 0 Å². The predicted molar refractivity (Wildman–Crippen MR) is 105 cm³/mol. The Morgan fingerprint density at radius 1 is 0.926 bits per heavy atom. The summed E-state index contributed by atoms with van der Waals surface area (Å²) in [5.74, 6) is 2.52. The Morgan fingerprint density at radius 3 is 2.52 bits per heavy atom. The molecule has 2 aromatic heterocycles. The molecule has 0 aliphatic heterocycles. The molecule has 0 fully saturated rings. The number of hydrogen-bond acceptors (Lipinski definition) is 6. The molecule has 2 aromatic carbocycles. The summed E-state index contributed by atoms with van der Waals surface area (Å²) in [5.41, 5.74) is 3.19. The second-order valence-electron chi connectivity index (χ2n) is 6.08. The molecule has 4 rings (SSSR count). The van der Waals surface area contributed by atoms with Gasteiger partial charge in [-0.25, -0.2) is 0 Å². The SMILES string of the molecule is CCn1c(SCc2nnc(-c3ccccc3)o2)nnc1-c1cccc(C)c1. The number of hydrogen-bond donors (Lipinski definition) is 0. The van der Waals surface area contributed by atoms with E-state index in [4.69, 9.17) is 4.42 Å². The predicted octanol–water partition coefficient (Wildman–Crippen LogP) is 4.62. The maximum atomic E-state index is 5.77. The molecule has 0 spiro atoms. The van der Waals surface area contributed by atoms with Gasteiger partial charge in [0, 0.05) is 17.7 Å². The zero-order chi connectivity index (χ0) is 18.6. The van der Waals surface area contributed by atoms with Gasteiger partial charge in [0.05, 0.1) is 5.75 Å². The molecule has 0 N–H and O–H groups in total. The molecular weight excluding hydrogens is 358 g/mol. The normalized spacial score (nSPS) is 11.0. The van der Waals surface area contributed by atoms with Crippen LogP contribution in [0.2, 0.25) is 0 Å². The summed E-state index contributed by atoms with van der Waals surface area (Å²) in [6, 6.07) is 18.0. The molecule has 6 nitrogen and oxygen atoms in total. The highest BCUT2D eigenvalue weighted by molar-refractivity contribution is 7.98. The van der Waals surface area contributed by atoms with E-state index in [2.05, 4.69) is 57.0 Å². The monoisotopic (exact) mass is 377 g/mol. The standard InChI is InChI=1S/C20H19N5OS/c1-3-25-18(16-11-7-8-14(2)12-16)22-24-20(25)27-13-17-21-23-19(26-17)15-9-5-4-6-10-15/h4-12H,3,13H2,1-2H3. The van der Waals surface area contributed by atoms with Crippen molar-refractivity contribution in [1.29, 1.82) is 0 Å². The van der Waals surface area contributed by atoms with Crippen LogP contribution in [0.15, 0.2) is 64.2 Å². The molecule has 7 heteroatoms. The summed E-state index contributed by atoms with van der Waals surface area (Å²) in [6.07, 6.45) is 0. The Labute approximate surface area is 161 Å². The first-order chi connectivity index (χ1) is 13.2. The summed E-state index contributed by atoms with van der Waals surface area (Å²) >= 11 is 1.55. The van der Waals surface area contributed by atoms with E-state index in [1.54, 1.807) is 11.8 Å². The largest absolute Gasteiger partial charge is 0.420 e. The van der Waals surface area contributed by atoms with Crippen molar-refractivity contribution in [2.45, 2.75) is 31.3 Å². The van der Waals surface area contributed by atoms with Crippen LogP contribution >= 0.6 is 11.8 Å². The molecule has 0 atom stereocenters. The molecule has 0 bridgehead atoms. The zero-order valence-corrected chi connectivity index (χ0v) is 16.0. The molecule has 4 aromatic rings. The average Bonchev–Trinajstić information content (AvgIpc) is 3.34. The third-order valence-corrected chi connectivity index (χ3v) is 5.07. The van der Waals surface area contributed by atoms with Crippen molar-refractivity contribution in [2.75, 3.05) is 0 Å². The fourth-order valence-electron chi connectivity index (χ4n) is 2.81. The maximum Gasteiger partial charge on any atom is 0.247 e. The Kier molecular flexibility index (Phi) is 5.02. The van der Waals surface area contributed by atoms with Gasteiger partial charge in [0.15, 0.2) is 11.0 Å². The summed E-state index contributed by atoms with van der Waals surface area (Å²) in [5, 5.41) is 17.9. The fraction of sp³-hybridized carbons (Fsp3) is 0.200. The lowest BCUT2D eigenvalue weighted by molar-refractivity contribution is 0.528. The van der Waals surface area contributed by atoms with Crippen LogP contribution in [0, 0.1) is 6.92 Å². The van der Waals surface area contributed by atoms with Crippen molar-refractivity contribution in [2.24, 2.45) is 0 Å². The molecule has 0 aliphatic rings. The van der Waals surface area contributed by atoms with Gasteiger partial charge in [-0.2, -0.15) is 0 Å². The molecular formula is C20H19N5OS. The van der Waals surface area contributed by atoms with Crippen molar-refractivity contribution in [3.05, 3.63) is 66.1 Å². The van der Waals surface area contributed by atoms with Gasteiger partial charge in [0.2, 0.25) is 11.8 Å². The van der Waals surface area contributed by atoms with Gasteiger partial charge < -0.3 is 8.98 Å². The first kappa shape index (κ1) is 17.5. The third-order valence-electron chi connectivity index (χ3n) is 4.12. The number of rotatable bonds is 6. The molecule has 0 amide bonds. The average molecular weight is 377 g/mol. The van der Waals surface area contributed by atoms with E-state index in [1.807, 2.05) is 36.4 Å². The number of nitrogens with zero attached hydrogens (tertiary/aromatic N) is 5. The van der Waals surface area contributed by atoms with E-state index < -0.39 is 0 Å². The Hall–Kier alpha value is -2.93. The summed E-state index contributed by atoms with van der Waals surface area (Å²) < 4.78 is 7.88. The van der Waals surface area contributed by atoms with Gasteiger partial charge in [-0.05, 0) is 32.0 Å². The topological polar surface area (TPSA) is 69.6 Å². The van der Waals surface area contributed by atoms with E-state index in [0.29, 0.717) is 17.5 Å². The number of aromatic nitrogens is 5. The molecule has 0 radical (unpaired) electrons. The van der Waals surface area contributed by atoms with E-state index >= 15 is 0 Å². The van der Waals surface area contributed by atoms with E-state index in [-0.39, 0.29) is 0 Å². The van der Waals surface area contributed by atoms with Crippen molar-refractivity contribution in [3.8, 4) is 22.8 Å². The number of benzene rings is 2. The van der Waals surface area contributed by atoms with Crippen LogP contribution in [-0.2, 0) is 12.3 Å². The Balaban J connectivity index is 1.52.